The number of benzene rings is 8. The van der Waals surface area contributed by atoms with Crippen molar-refractivity contribution in [2.75, 3.05) is 4.90 Å². The molecule has 47 heavy (non-hydrogen) atoms. The number of nitrogens with zero attached hydrogens (tertiary/aromatic N) is 1. The van der Waals surface area contributed by atoms with Crippen molar-refractivity contribution in [1.29, 1.82) is 0 Å². The summed E-state index contributed by atoms with van der Waals surface area (Å²) < 4.78 is 2.99. The molecule has 0 atom stereocenters. The predicted molar refractivity (Wildman–Crippen MR) is 203 cm³/mol. The molecule has 0 fully saturated rings. The molecule has 1 aliphatic rings. The second-order valence-electron chi connectivity index (χ2n) is 13.4. The van der Waals surface area contributed by atoms with Gasteiger partial charge in [-0.2, -0.15) is 0 Å². The Morgan fingerprint density at radius 2 is 1.09 bits per heavy atom. The number of fused-ring (bicyclic) bond motifs is 11. The summed E-state index contributed by atoms with van der Waals surface area (Å²) in [7, 11) is 0. The van der Waals surface area contributed by atoms with E-state index in [0.717, 1.165) is 5.69 Å². The summed E-state index contributed by atoms with van der Waals surface area (Å²) in [5.41, 5.74) is 8.95. The molecule has 0 saturated carbocycles. The molecule has 0 saturated heterocycles. The van der Waals surface area contributed by atoms with Crippen LogP contribution in [0.2, 0.25) is 0 Å². The van der Waals surface area contributed by atoms with Crippen molar-refractivity contribution in [3.63, 3.8) is 0 Å². The molecule has 0 bridgehead atoms. The molecule has 0 spiro atoms. The van der Waals surface area contributed by atoms with Crippen LogP contribution < -0.4 is 4.90 Å². The van der Waals surface area contributed by atoms with E-state index in [1.165, 1.54) is 85.2 Å². The fraction of sp³-hybridized carbons (Fsp3) is 0.0667. The number of hydrogen-bond acceptors (Lipinski definition) is 1. The van der Waals surface area contributed by atoms with Crippen LogP contribution >= 0.6 is 0 Å². The van der Waals surface area contributed by atoms with Crippen LogP contribution in [0.15, 0.2) is 152 Å². The molecule has 2 heteroatoms. The first kappa shape index (κ1) is 27.0. The molecule has 9 aromatic rings. The minimum absolute atomic E-state index is 0.0280. The zero-order valence-corrected chi connectivity index (χ0v) is 28.0. The molecule has 222 valence electrons. The van der Waals surface area contributed by atoms with E-state index in [-0.39, 0.29) is 19.9 Å². The molecule has 8 aromatic carbocycles. The van der Waals surface area contributed by atoms with Gasteiger partial charge in [0.1, 0.15) is 0 Å². The van der Waals surface area contributed by atoms with Gasteiger partial charge in [-0.1, -0.05) is 6.07 Å². The fourth-order valence-electron chi connectivity index (χ4n) is 8.06. The third-order valence-electron chi connectivity index (χ3n) is 10.4. The van der Waals surface area contributed by atoms with Gasteiger partial charge in [-0.25, -0.2) is 0 Å². The van der Waals surface area contributed by atoms with Crippen LogP contribution in [-0.2, 0) is 5.41 Å². The van der Waals surface area contributed by atoms with Crippen LogP contribution in [0.4, 0.5) is 17.1 Å². The van der Waals surface area contributed by atoms with E-state index in [4.69, 9.17) is 0 Å². The van der Waals surface area contributed by atoms with Gasteiger partial charge in [0.15, 0.2) is 0 Å². The molecule has 0 aliphatic heterocycles. The standard InChI is InChI=1S/C45H31NSe/c1-45(2)40-13-7-5-11-35(40)39-27-34(22-24-41(39)45)46(32-20-17-28-9-3-4-10-31(28)25-32)33-21-18-29-15-16-30-19-23-37-36-12-6-8-14-42(36)47-44(37)43(30)38(29)26-33/h3-27H,1-2H3. The van der Waals surface area contributed by atoms with Gasteiger partial charge in [-0.3, -0.25) is 0 Å². The van der Waals surface area contributed by atoms with E-state index in [1.54, 1.807) is 0 Å². The zero-order chi connectivity index (χ0) is 31.3. The van der Waals surface area contributed by atoms with Gasteiger partial charge in [0.25, 0.3) is 0 Å². The maximum atomic E-state index is 2.46. The SMILES string of the molecule is CC1(C)c2ccccc2-c2cc(N(c3ccc4ccccc4c3)c3ccc4ccc5ccc6c7ccccc7[se]c6c5c4c3)ccc21. The second-order valence-corrected chi connectivity index (χ2v) is 15.6. The summed E-state index contributed by atoms with van der Waals surface area (Å²) in [6, 6.07) is 56.8. The van der Waals surface area contributed by atoms with Gasteiger partial charge in [-0.05, 0) is 0 Å². The van der Waals surface area contributed by atoms with Gasteiger partial charge in [0, 0.05) is 0 Å². The first-order chi connectivity index (χ1) is 23.0. The van der Waals surface area contributed by atoms with E-state index in [0.29, 0.717) is 0 Å². The molecule has 10 rings (SSSR count). The van der Waals surface area contributed by atoms with E-state index in [1.807, 2.05) is 0 Å². The van der Waals surface area contributed by atoms with Crippen molar-refractivity contribution in [2.45, 2.75) is 19.3 Å². The summed E-state index contributed by atoms with van der Waals surface area (Å²) in [5.74, 6) is 0. The molecule has 0 amide bonds. The van der Waals surface area contributed by atoms with Crippen molar-refractivity contribution in [3.8, 4) is 11.1 Å². The first-order valence-corrected chi connectivity index (χ1v) is 18.1. The third-order valence-corrected chi connectivity index (χ3v) is 12.9. The average molecular weight is 665 g/mol. The van der Waals surface area contributed by atoms with Crippen LogP contribution in [0.1, 0.15) is 25.0 Å². The van der Waals surface area contributed by atoms with Crippen LogP contribution in [0.3, 0.4) is 0 Å². The number of rotatable bonds is 3. The molecule has 1 nitrogen and oxygen atoms in total. The molecular formula is C45H31NSe. The average Bonchev–Trinajstić information content (AvgIpc) is 3.60. The minimum atomic E-state index is -0.0280. The Bertz CT molecular complexity index is 2730. The van der Waals surface area contributed by atoms with Crippen molar-refractivity contribution in [3.05, 3.63) is 163 Å². The van der Waals surface area contributed by atoms with Gasteiger partial charge in [0.2, 0.25) is 0 Å². The van der Waals surface area contributed by atoms with Crippen molar-refractivity contribution in [1.82, 2.24) is 0 Å². The summed E-state index contributed by atoms with van der Waals surface area (Å²) in [6.45, 7) is 4.70. The molecule has 1 aromatic heterocycles. The van der Waals surface area contributed by atoms with E-state index < -0.39 is 0 Å². The molecular weight excluding hydrogens is 633 g/mol. The van der Waals surface area contributed by atoms with Gasteiger partial charge in [0.05, 0.1) is 0 Å². The van der Waals surface area contributed by atoms with Crippen LogP contribution in [-0.4, -0.2) is 14.5 Å². The second kappa shape index (κ2) is 9.93. The first-order valence-electron chi connectivity index (χ1n) is 16.3. The Kier molecular flexibility index (Phi) is 5.71. The van der Waals surface area contributed by atoms with Crippen molar-refractivity contribution >= 4 is 83.2 Å². The number of hydrogen-bond donors (Lipinski definition) is 0. The van der Waals surface area contributed by atoms with Crippen molar-refractivity contribution < 1.29 is 0 Å². The monoisotopic (exact) mass is 665 g/mol. The molecule has 1 aliphatic carbocycles. The fourth-order valence-corrected chi connectivity index (χ4v) is 10.7. The molecule has 0 radical (unpaired) electrons. The van der Waals surface area contributed by atoms with Gasteiger partial charge in [-0.15, -0.1) is 0 Å². The van der Waals surface area contributed by atoms with Gasteiger partial charge < -0.3 is 0 Å². The Labute approximate surface area is 280 Å². The molecule has 0 unspecified atom stereocenters. The quantitative estimate of drug-likeness (QED) is 0.134. The summed E-state index contributed by atoms with van der Waals surface area (Å²) in [5, 5.41) is 10.6. The Morgan fingerprint density at radius 3 is 2.00 bits per heavy atom. The van der Waals surface area contributed by atoms with E-state index in [2.05, 4.69) is 170 Å². The normalized spacial score (nSPS) is 13.5. The van der Waals surface area contributed by atoms with Crippen LogP contribution in [0.5, 0.6) is 0 Å². The van der Waals surface area contributed by atoms with Crippen molar-refractivity contribution in [2.24, 2.45) is 0 Å². The van der Waals surface area contributed by atoms with Gasteiger partial charge >= 0.3 is 275 Å². The van der Waals surface area contributed by atoms with E-state index >= 15 is 0 Å². The summed E-state index contributed by atoms with van der Waals surface area (Å²) in [4.78, 5) is 2.46. The van der Waals surface area contributed by atoms with Crippen LogP contribution in [0.25, 0.3) is 62.7 Å². The third kappa shape index (κ3) is 3.96. The summed E-state index contributed by atoms with van der Waals surface area (Å²) in [6.07, 6.45) is 0. The topological polar surface area (TPSA) is 3.24 Å². The number of anilines is 3. The molecule has 1 heterocycles. The Morgan fingerprint density at radius 1 is 0.447 bits per heavy atom. The van der Waals surface area contributed by atoms with E-state index in [9.17, 15) is 0 Å². The molecule has 0 N–H and O–H groups in total. The zero-order valence-electron chi connectivity index (χ0n) is 26.3. The van der Waals surface area contributed by atoms with Crippen LogP contribution in [0, 0.1) is 0 Å². The Balaban J connectivity index is 1.25. The Hall–Kier alpha value is -5.14. The maximum absolute atomic E-state index is 2.46. The summed E-state index contributed by atoms with van der Waals surface area (Å²) >= 11 is 0.272. The predicted octanol–water partition coefficient (Wildman–Crippen LogP) is 12.3.